The van der Waals surface area contributed by atoms with Gasteiger partial charge in [0.1, 0.15) is 0 Å². The van der Waals surface area contributed by atoms with Gasteiger partial charge in [-0.2, -0.15) is 0 Å². The molecule has 0 saturated heterocycles. The van der Waals surface area contributed by atoms with Crippen molar-refractivity contribution in [1.29, 1.82) is 0 Å². The Morgan fingerprint density at radius 3 is 1.26 bits per heavy atom. The maximum atomic E-state index is 7.78. The Balaban J connectivity index is -0.0000000565. The molecule has 0 unspecified atom stereocenters. The monoisotopic (exact) mass is 407 g/mol. The molecule has 0 atom stereocenters. The average Bonchev–Trinajstić information content (AvgIpc) is 2.32. The first kappa shape index (κ1) is 31.3. The molecule has 0 aliphatic carbocycles. The molecule has 0 rings (SSSR count). The van der Waals surface area contributed by atoms with Crippen molar-refractivity contribution in [3.8, 4) is 0 Å². The van der Waals surface area contributed by atoms with Crippen molar-refractivity contribution >= 4 is 31.9 Å². The maximum Gasteiger partial charge on any atom is 1.00 e. The largest absolute Gasteiger partial charge is 1.00 e. The molecule has 0 saturated carbocycles. The number of halogens is 2. The van der Waals surface area contributed by atoms with Gasteiger partial charge < -0.3 is 11.1 Å². The second-order valence-electron chi connectivity index (χ2n) is 2.08. The molecule has 0 heterocycles. The van der Waals surface area contributed by atoms with E-state index in [9.17, 15) is 0 Å². The number of alkyl halides is 2. The van der Waals surface area contributed by atoms with Crippen LogP contribution in [0.2, 0.25) is 0 Å². The Kier molecular flexibility index (Phi) is 71.0. The van der Waals surface area contributed by atoms with E-state index >= 15 is 0 Å². The summed E-state index contributed by atoms with van der Waals surface area (Å²) >= 11 is 6.56. The minimum Gasteiger partial charge on any atom is -0.373 e. The fourth-order valence-corrected chi connectivity index (χ4v) is 1.67. The fraction of sp³-hybridized carbons (Fsp3) is 1.00. The maximum absolute atomic E-state index is 7.78. The SMILES string of the molecule is BrCCCBr.C.[N-]=[N+]=NCCCN=[N+]=[N-].[N-]=[N+]=[N-].[Na+]. The first-order valence-corrected chi connectivity index (χ1v) is 6.61. The Morgan fingerprint density at radius 1 is 0.789 bits per heavy atom. The third-order valence-electron chi connectivity index (χ3n) is 0.910. The molecule has 0 amide bonds. The Morgan fingerprint density at radius 2 is 1.11 bits per heavy atom. The van der Waals surface area contributed by atoms with E-state index in [0.29, 0.717) is 19.5 Å². The van der Waals surface area contributed by atoms with Gasteiger partial charge in [0.2, 0.25) is 0 Å². The van der Waals surface area contributed by atoms with Crippen molar-refractivity contribution in [2.24, 2.45) is 10.2 Å². The molecule has 0 spiro atoms. The molecule has 0 aromatic heterocycles. The van der Waals surface area contributed by atoms with Crippen LogP contribution >= 0.6 is 31.9 Å². The third-order valence-corrected chi connectivity index (χ3v) is 2.03. The summed E-state index contributed by atoms with van der Waals surface area (Å²) in [4.78, 5) is 6.55. The van der Waals surface area contributed by atoms with Gasteiger partial charge in [0.15, 0.2) is 0 Å². The zero-order valence-electron chi connectivity index (χ0n) is 10.0. The summed E-state index contributed by atoms with van der Waals surface area (Å²) in [6.45, 7) is 0.797. The van der Waals surface area contributed by atoms with Gasteiger partial charge >= 0.3 is 29.6 Å². The first-order valence-electron chi connectivity index (χ1n) is 4.37. The van der Waals surface area contributed by atoms with Crippen LogP contribution in [0.5, 0.6) is 0 Å². The summed E-state index contributed by atoms with van der Waals surface area (Å²) in [5.41, 5.74) is 29.1. The molecule has 0 aliphatic rings. The minimum atomic E-state index is 0. The van der Waals surface area contributed by atoms with E-state index in [4.69, 9.17) is 22.1 Å². The number of rotatable bonds is 6. The predicted octanol–water partition coefficient (Wildman–Crippen LogP) is 2.67. The van der Waals surface area contributed by atoms with Crippen LogP contribution in [0.15, 0.2) is 10.2 Å². The van der Waals surface area contributed by atoms with Gasteiger partial charge in [-0.25, -0.2) is 0 Å². The van der Waals surface area contributed by atoms with Crippen LogP contribution in [-0.4, -0.2) is 23.7 Å². The Bertz CT molecular complexity index is 250. The quantitative estimate of drug-likeness (QED) is 0.158. The van der Waals surface area contributed by atoms with E-state index in [1.165, 1.54) is 11.3 Å². The normalized spacial score (nSPS) is 6.00. The molecule has 0 fully saturated rings. The van der Waals surface area contributed by atoms with Crippen LogP contribution in [0.3, 0.4) is 0 Å². The van der Waals surface area contributed by atoms with Crippen LogP contribution < -0.4 is 29.6 Å². The van der Waals surface area contributed by atoms with Gasteiger partial charge in [0, 0.05) is 33.6 Å². The minimum absolute atomic E-state index is 0. The van der Waals surface area contributed by atoms with Crippen molar-refractivity contribution in [2.75, 3.05) is 23.7 Å². The van der Waals surface area contributed by atoms with E-state index in [1.54, 1.807) is 0 Å². The van der Waals surface area contributed by atoms with Crippen molar-refractivity contribution in [1.82, 2.24) is 0 Å². The molecule has 12 heteroatoms. The van der Waals surface area contributed by atoms with Crippen molar-refractivity contribution < 1.29 is 29.6 Å². The van der Waals surface area contributed by atoms with Crippen molar-refractivity contribution in [3.63, 3.8) is 0 Å². The Hall–Kier alpha value is -0.110. The standard InChI is InChI=1S/C3H6Br2.C3H6N6.CH4.N3.Na/c4-2-1-3-5;4-8-6-2-1-3-7-9-5;;1-3-2;/h1-3H2;1-3H2;1H4;;/q;;;-1;+1. The van der Waals surface area contributed by atoms with Gasteiger partial charge in [-0.05, 0) is 23.9 Å². The fourth-order valence-electron chi connectivity index (χ4n) is 0.352. The third kappa shape index (κ3) is 72.6. The summed E-state index contributed by atoms with van der Waals surface area (Å²) in [6, 6.07) is 0. The summed E-state index contributed by atoms with van der Waals surface area (Å²) in [7, 11) is 0. The van der Waals surface area contributed by atoms with Crippen LogP contribution in [-0.2, 0) is 0 Å². The molecule has 0 aromatic carbocycles. The number of azide groups is 2. The molecular formula is C7H16Br2N9Na. The van der Waals surface area contributed by atoms with Crippen LogP contribution in [0, 0.1) is 0 Å². The molecule has 104 valence electrons. The first-order chi connectivity index (χ1) is 8.24. The average molecular weight is 409 g/mol. The molecule has 9 nitrogen and oxygen atoms in total. The predicted molar refractivity (Wildman–Crippen MR) is 81.7 cm³/mol. The molecule has 0 radical (unpaired) electrons. The summed E-state index contributed by atoms with van der Waals surface area (Å²) in [5.74, 6) is 0. The molecule has 0 aliphatic heterocycles. The van der Waals surface area contributed by atoms with Gasteiger partial charge in [0.25, 0.3) is 0 Å². The smallest absolute Gasteiger partial charge is 0.373 e. The van der Waals surface area contributed by atoms with Crippen molar-refractivity contribution in [3.05, 3.63) is 36.9 Å². The van der Waals surface area contributed by atoms with E-state index < -0.39 is 0 Å². The van der Waals surface area contributed by atoms with E-state index in [1.807, 2.05) is 0 Å². The molecule has 19 heavy (non-hydrogen) atoms. The number of hydrogen-bond donors (Lipinski definition) is 0. The van der Waals surface area contributed by atoms with E-state index in [-0.39, 0.29) is 37.0 Å². The van der Waals surface area contributed by atoms with Crippen molar-refractivity contribution in [2.45, 2.75) is 20.3 Å². The van der Waals surface area contributed by atoms with Crippen LogP contribution in [0.4, 0.5) is 0 Å². The topological polar surface area (TPSA) is 156 Å². The van der Waals surface area contributed by atoms with Gasteiger partial charge in [-0.1, -0.05) is 49.5 Å². The van der Waals surface area contributed by atoms with Gasteiger partial charge in [0.05, 0.1) is 0 Å². The van der Waals surface area contributed by atoms with E-state index in [2.05, 4.69) is 51.9 Å². The number of hydrogen-bond acceptors (Lipinski definition) is 2. The van der Waals surface area contributed by atoms with Gasteiger partial charge in [-0.3, -0.25) is 4.91 Å². The van der Waals surface area contributed by atoms with Crippen LogP contribution in [0.1, 0.15) is 20.3 Å². The second-order valence-corrected chi connectivity index (χ2v) is 3.67. The molecule has 0 aromatic rings. The summed E-state index contributed by atoms with van der Waals surface area (Å²) in [6.07, 6.45) is 1.84. The van der Waals surface area contributed by atoms with Gasteiger partial charge in [-0.15, -0.1) is 0 Å². The zero-order valence-corrected chi connectivity index (χ0v) is 15.2. The summed E-state index contributed by atoms with van der Waals surface area (Å²) < 4.78 is 0. The Labute approximate surface area is 151 Å². The molecule has 0 N–H and O–H groups in total. The van der Waals surface area contributed by atoms with E-state index in [0.717, 1.165) is 10.7 Å². The summed E-state index contributed by atoms with van der Waals surface area (Å²) in [5, 5.41) is 8.70. The molecule has 0 bridgehead atoms. The molecular weight excluding hydrogens is 393 g/mol. The zero-order chi connectivity index (χ0) is 13.8. The van der Waals surface area contributed by atoms with Crippen LogP contribution in [0.25, 0.3) is 36.9 Å². The second kappa shape index (κ2) is 43.0. The number of nitrogens with zero attached hydrogens (tertiary/aromatic N) is 9.